The summed E-state index contributed by atoms with van der Waals surface area (Å²) in [6.45, 7) is 0.503. The van der Waals surface area contributed by atoms with Crippen molar-refractivity contribution in [2.24, 2.45) is 0 Å². The Morgan fingerprint density at radius 3 is 3.11 bits per heavy atom. The van der Waals surface area contributed by atoms with E-state index in [1.807, 2.05) is 22.6 Å². The first-order valence-corrected chi connectivity index (χ1v) is 7.58. The fraction of sp³-hybridized carbons (Fsp3) is 0.250. The van der Waals surface area contributed by atoms with Crippen molar-refractivity contribution in [3.63, 3.8) is 0 Å². The molecule has 0 spiro atoms. The summed E-state index contributed by atoms with van der Waals surface area (Å²) in [5.74, 6) is -0.152. The third-order valence-corrected chi connectivity index (χ3v) is 5.25. The molecule has 0 bridgehead atoms. The Hall–Kier alpha value is -1.60. The zero-order chi connectivity index (χ0) is 12.8. The Kier molecular flexibility index (Phi) is 2.49. The molecule has 1 atom stereocenters. The standard InChI is InChI=1S/C12H9N3O2S2/c16-10-9(5-6-17-10)19-12-14-13-11-15(12)7-3-1-2-4-8(7)18-11/h1-4,9H,5-6H2/t9-/m1/s1. The second-order valence-corrected chi connectivity index (χ2v) is 6.41. The van der Waals surface area contributed by atoms with Gasteiger partial charge in [-0.15, -0.1) is 10.2 Å². The van der Waals surface area contributed by atoms with E-state index in [1.54, 1.807) is 11.3 Å². The van der Waals surface area contributed by atoms with E-state index in [0.717, 1.165) is 22.1 Å². The van der Waals surface area contributed by atoms with Gasteiger partial charge in [-0.3, -0.25) is 9.20 Å². The first-order valence-electron chi connectivity index (χ1n) is 5.89. The molecule has 1 fully saturated rings. The molecular weight excluding hydrogens is 282 g/mol. The molecule has 0 amide bonds. The number of benzene rings is 1. The lowest BCUT2D eigenvalue weighted by Crippen LogP contribution is -2.10. The summed E-state index contributed by atoms with van der Waals surface area (Å²) < 4.78 is 8.16. The third kappa shape index (κ3) is 1.73. The van der Waals surface area contributed by atoms with Crippen molar-refractivity contribution in [2.45, 2.75) is 16.8 Å². The van der Waals surface area contributed by atoms with Crippen molar-refractivity contribution in [3.8, 4) is 0 Å². The number of hydrogen-bond acceptors (Lipinski definition) is 6. The maximum absolute atomic E-state index is 11.5. The molecule has 0 unspecified atom stereocenters. The second kappa shape index (κ2) is 4.21. The van der Waals surface area contributed by atoms with Crippen LogP contribution in [0.2, 0.25) is 0 Å². The van der Waals surface area contributed by atoms with Crippen molar-refractivity contribution in [1.29, 1.82) is 0 Å². The average molecular weight is 291 g/mol. The van der Waals surface area contributed by atoms with Gasteiger partial charge in [0, 0.05) is 6.42 Å². The van der Waals surface area contributed by atoms with Gasteiger partial charge >= 0.3 is 5.97 Å². The Bertz CT molecular complexity index is 780. The quantitative estimate of drug-likeness (QED) is 0.678. The van der Waals surface area contributed by atoms with Crippen LogP contribution in [-0.2, 0) is 9.53 Å². The molecule has 1 saturated heterocycles. The second-order valence-electron chi connectivity index (χ2n) is 4.23. The number of thiazole rings is 1. The minimum Gasteiger partial charge on any atom is -0.465 e. The highest BCUT2D eigenvalue weighted by molar-refractivity contribution is 8.00. The largest absolute Gasteiger partial charge is 0.465 e. The number of carbonyl (C=O) groups is 1. The zero-order valence-corrected chi connectivity index (χ0v) is 11.4. The first kappa shape index (κ1) is 11.2. The van der Waals surface area contributed by atoms with Crippen molar-refractivity contribution in [3.05, 3.63) is 24.3 Å². The molecule has 0 aliphatic carbocycles. The summed E-state index contributed by atoms with van der Waals surface area (Å²) in [6, 6.07) is 8.10. The molecule has 4 rings (SSSR count). The number of cyclic esters (lactones) is 1. The number of nitrogens with zero attached hydrogens (tertiary/aromatic N) is 3. The van der Waals surface area contributed by atoms with E-state index in [4.69, 9.17) is 4.74 Å². The Morgan fingerprint density at radius 1 is 1.37 bits per heavy atom. The van der Waals surface area contributed by atoms with E-state index in [2.05, 4.69) is 16.3 Å². The highest BCUT2D eigenvalue weighted by Crippen LogP contribution is 2.33. The van der Waals surface area contributed by atoms with Gasteiger partial charge in [-0.2, -0.15) is 0 Å². The van der Waals surface area contributed by atoms with Gasteiger partial charge < -0.3 is 4.74 Å². The lowest BCUT2D eigenvalue weighted by molar-refractivity contribution is -0.137. The van der Waals surface area contributed by atoms with E-state index in [-0.39, 0.29) is 11.2 Å². The van der Waals surface area contributed by atoms with Crippen LogP contribution in [0.5, 0.6) is 0 Å². The van der Waals surface area contributed by atoms with Gasteiger partial charge in [-0.1, -0.05) is 35.2 Å². The van der Waals surface area contributed by atoms with Gasteiger partial charge in [0.2, 0.25) is 4.96 Å². The normalized spacial score (nSPS) is 19.4. The molecule has 0 saturated carbocycles. The van der Waals surface area contributed by atoms with Crippen LogP contribution < -0.4 is 0 Å². The van der Waals surface area contributed by atoms with Gasteiger partial charge in [-0.25, -0.2) is 0 Å². The SMILES string of the molecule is O=C1OCC[C@H]1Sc1nnc2sc3ccccc3n12. The van der Waals surface area contributed by atoms with E-state index >= 15 is 0 Å². The summed E-state index contributed by atoms with van der Waals surface area (Å²) >= 11 is 3.04. The number of fused-ring (bicyclic) bond motifs is 3. The van der Waals surface area contributed by atoms with E-state index < -0.39 is 0 Å². The molecule has 0 N–H and O–H groups in total. The number of aromatic nitrogens is 3. The summed E-state index contributed by atoms with van der Waals surface area (Å²) in [5, 5.41) is 8.96. The minimum atomic E-state index is -0.161. The van der Waals surface area contributed by atoms with E-state index in [9.17, 15) is 4.79 Å². The van der Waals surface area contributed by atoms with Crippen LogP contribution in [0.1, 0.15) is 6.42 Å². The predicted molar refractivity (Wildman–Crippen MR) is 73.6 cm³/mol. The minimum absolute atomic E-state index is 0.152. The van der Waals surface area contributed by atoms with Crippen LogP contribution in [0.25, 0.3) is 15.2 Å². The highest BCUT2D eigenvalue weighted by atomic mass is 32.2. The van der Waals surface area contributed by atoms with Gasteiger partial charge in [0.15, 0.2) is 5.16 Å². The number of ether oxygens (including phenoxy) is 1. The predicted octanol–water partition coefficient (Wildman–Crippen LogP) is 2.35. The molecular formula is C12H9N3O2S2. The average Bonchev–Trinajstić information content (AvgIpc) is 3.07. The van der Waals surface area contributed by atoms with Crippen LogP contribution in [0.15, 0.2) is 29.4 Å². The van der Waals surface area contributed by atoms with Gasteiger partial charge in [-0.05, 0) is 12.1 Å². The molecule has 3 aromatic rings. The van der Waals surface area contributed by atoms with Gasteiger partial charge in [0.1, 0.15) is 5.25 Å². The van der Waals surface area contributed by atoms with Crippen LogP contribution in [0.3, 0.4) is 0 Å². The van der Waals surface area contributed by atoms with Gasteiger partial charge in [0.05, 0.1) is 16.8 Å². The Labute approximate surface area is 116 Å². The highest BCUT2D eigenvalue weighted by Gasteiger charge is 2.29. The van der Waals surface area contributed by atoms with Crippen LogP contribution in [0, 0.1) is 0 Å². The molecule has 2 aromatic heterocycles. The van der Waals surface area contributed by atoms with Crippen molar-refractivity contribution in [1.82, 2.24) is 14.6 Å². The third-order valence-electron chi connectivity index (χ3n) is 3.05. The number of para-hydroxylation sites is 1. The monoisotopic (exact) mass is 291 g/mol. The summed E-state index contributed by atoms with van der Waals surface area (Å²) in [6.07, 6.45) is 0.737. The van der Waals surface area contributed by atoms with Crippen molar-refractivity contribution < 1.29 is 9.53 Å². The van der Waals surface area contributed by atoms with E-state index in [1.165, 1.54) is 16.5 Å². The Balaban J connectivity index is 1.83. The van der Waals surface area contributed by atoms with Crippen LogP contribution >= 0.6 is 23.1 Å². The lowest BCUT2D eigenvalue weighted by atomic mass is 10.3. The van der Waals surface area contributed by atoms with Crippen molar-refractivity contribution in [2.75, 3.05) is 6.61 Å². The van der Waals surface area contributed by atoms with Gasteiger partial charge in [0.25, 0.3) is 0 Å². The fourth-order valence-corrected chi connectivity index (χ4v) is 4.18. The molecule has 19 heavy (non-hydrogen) atoms. The summed E-state index contributed by atoms with van der Waals surface area (Å²) in [4.78, 5) is 12.4. The number of thioether (sulfide) groups is 1. The molecule has 0 radical (unpaired) electrons. The maximum Gasteiger partial charge on any atom is 0.319 e. The number of carbonyl (C=O) groups excluding carboxylic acids is 1. The maximum atomic E-state index is 11.5. The molecule has 3 heterocycles. The molecule has 7 heteroatoms. The molecule has 1 aromatic carbocycles. The van der Waals surface area contributed by atoms with Crippen LogP contribution in [0.4, 0.5) is 0 Å². The number of hydrogen-bond donors (Lipinski definition) is 0. The Morgan fingerprint density at radius 2 is 2.26 bits per heavy atom. The zero-order valence-electron chi connectivity index (χ0n) is 9.78. The van der Waals surface area contributed by atoms with E-state index in [0.29, 0.717) is 6.61 Å². The summed E-state index contributed by atoms with van der Waals surface area (Å²) in [7, 11) is 0. The number of esters is 1. The van der Waals surface area contributed by atoms with Crippen LogP contribution in [-0.4, -0.2) is 32.4 Å². The smallest absolute Gasteiger partial charge is 0.319 e. The summed E-state index contributed by atoms with van der Waals surface area (Å²) in [5.41, 5.74) is 1.08. The molecule has 1 aliphatic heterocycles. The molecule has 1 aliphatic rings. The lowest BCUT2D eigenvalue weighted by Gasteiger charge is -2.02. The molecule has 5 nitrogen and oxygen atoms in total. The van der Waals surface area contributed by atoms with Crippen molar-refractivity contribution >= 4 is 44.2 Å². The fourth-order valence-electron chi connectivity index (χ4n) is 2.14. The topological polar surface area (TPSA) is 56.5 Å². The number of rotatable bonds is 2. The molecule has 96 valence electrons. The first-order chi connectivity index (χ1) is 9.33.